The molecule has 8 nitrogen and oxygen atoms in total. The van der Waals surface area contributed by atoms with Crippen LogP contribution in [0.25, 0.3) is 0 Å². The van der Waals surface area contributed by atoms with Crippen molar-refractivity contribution in [2.45, 2.75) is 30.8 Å². The van der Waals surface area contributed by atoms with Crippen LogP contribution in [0.4, 0.5) is 23.2 Å². The number of nitrogens with two attached hydrogens (primary N) is 1. The summed E-state index contributed by atoms with van der Waals surface area (Å²) in [6, 6.07) is 4.27. The zero-order chi connectivity index (χ0) is 26.4. The van der Waals surface area contributed by atoms with Crippen LogP contribution in [0.2, 0.25) is 0 Å². The van der Waals surface area contributed by atoms with Crippen LogP contribution in [0.3, 0.4) is 0 Å². The number of anilines is 1. The third-order valence-corrected chi connectivity index (χ3v) is 6.58. The maximum absolute atomic E-state index is 14.1. The second kappa shape index (κ2) is 12.1. The van der Waals surface area contributed by atoms with Crippen molar-refractivity contribution < 1.29 is 37.1 Å². The van der Waals surface area contributed by atoms with Crippen LogP contribution in [-0.4, -0.2) is 58.0 Å². The van der Waals surface area contributed by atoms with Crippen LogP contribution in [0.1, 0.15) is 17.5 Å². The molecule has 0 aliphatic carbocycles. The van der Waals surface area contributed by atoms with Gasteiger partial charge in [-0.15, -0.1) is 11.8 Å². The molecule has 0 unspecified atom stereocenters. The fourth-order valence-corrected chi connectivity index (χ4v) is 4.78. The van der Waals surface area contributed by atoms with Gasteiger partial charge in [0.25, 0.3) is 5.91 Å². The SMILES string of the molecule is N[C@@H](CC(=O)N1CCS[C@H]1C(=O)NCc1ccc(NCC(=O)O)c(F)c1)Cc1cc(F)c(F)cc1F. The van der Waals surface area contributed by atoms with E-state index in [-0.39, 0.29) is 37.2 Å². The Kier molecular flexibility index (Phi) is 9.15. The number of carboxylic acid groups (broad SMARTS) is 1. The monoisotopic (exact) mass is 528 g/mol. The second-order valence-electron chi connectivity index (χ2n) is 8.12. The van der Waals surface area contributed by atoms with E-state index < -0.39 is 59.0 Å². The Morgan fingerprint density at radius 3 is 2.50 bits per heavy atom. The Morgan fingerprint density at radius 1 is 1.08 bits per heavy atom. The summed E-state index contributed by atoms with van der Waals surface area (Å²) in [7, 11) is 0. The molecule has 3 rings (SSSR count). The van der Waals surface area contributed by atoms with Gasteiger partial charge in [0.2, 0.25) is 5.91 Å². The van der Waals surface area contributed by atoms with Gasteiger partial charge in [0.15, 0.2) is 17.0 Å². The number of nitrogens with zero attached hydrogens (tertiary/aromatic N) is 1. The lowest BCUT2D eigenvalue weighted by molar-refractivity contribution is -0.136. The zero-order valence-electron chi connectivity index (χ0n) is 18.9. The number of hydrogen-bond donors (Lipinski definition) is 4. The molecule has 1 aliphatic heterocycles. The van der Waals surface area contributed by atoms with Crippen molar-refractivity contribution in [3.63, 3.8) is 0 Å². The molecule has 1 fully saturated rings. The highest BCUT2D eigenvalue weighted by atomic mass is 32.2. The molecule has 36 heavy (non-hydrogen) atoms. The fourth-order valence-electron chi connectivity index (χ4n) is 3.62. The van der Waals surface area contributed by atoms with Crippen molar-refractivity contribution in [2.75, 3.05) is 24.2 Å². The number of halogens is 4. The Hall–Kier alpha value is -3.32. The van der Waals surface area contributed by atoms with E-state index in [4.69, 9.17) is 10.8 Å². The number of carboxylic acids is 1. The van der Waals surface area contributed by atoms with Crippen molar-refractivity contribution in [3.8, 4) is 0 Å². The van der Waals surface area contributed by atoms with Gasteiger partial charge < -0.3 is 26.4 Å². The minimum Gasteiger partial charge on any atom is -0.480 e. The lowest BCUT2D eigenvalue weighted by atomic mass is 10.0. The summed E-state index contributed by atoms with van der Waals surface area (Å²) < 4.78 is 54.5. The average molecular weight is 529 g/mol. The first kappa shape index (κ1) is 27.3. The van der Waals surface area contributed by atoms with E-state index in [9.17, 15) is 31.9 Å². The number of amides is 2. The van der Waals surface area contributed by atoms with Crippen LogP contribution in [0.15, 0.2) is 30.3 Å². The van der Waals surface area contributed by atoms with Gasteiger partial charge >= 0.3 is 5.97 Å². The highest BCUT2D eigenvalue weighted by molar-refractivity contribution is 8.00. The van der Waals surface area contributed by atoms with E-state index in [1.807, 2.05) is 0 Å². The Labute approximate surface area is 208 Å². The van der Waals surface area contributed by atoms with Crippen molar-refractivity contribution in [2.24, 2.45) is 5.73 Å². The summed E-state index contributed by atoms with van der Waals surface area (Å²) in [5.74, 6) is -5.75. The maximum atomic E-state index is 14.1. The van der Waals surface area contributed by atoms with E-state index in [1.165, 1.54) is 28.8 Å². The van der Waals surface area contributed by atoms with Gasteiger partial charge in [-0.25, -0.2) is 17.6 Å². The third kappa shape index (κ3) is 7.10. The summed E-state index contributed by atoms with van der Waals surface area (Å²) in [6.45, 7) is -0.190. The summed E-state index contributed by atoms with van der Waals surface area (Å²) in [5, 5.41) is 12.9. The van der Waals surface area contributed by atoms with Crippen LogP contribution in [-0.2, 0) is 27.3 Å². The molecule has 0 saturated carbocycles. The first-order valence-corrected chi connectivity index (χ1v) is 11.9. The number of nitrogens with one attached hydrogen (secondary N) is 2. The quantitative estimate of drug-likeness (QED) is 0.275. The Balaban J connectivity index is 1.54. The van der Waals surface area contributed by atoms with Crippen molar-refractivity contribution in [1.82, 2.24) is 10.2 Å². The average Bonchev–Trinajstić information content (AvgIpc) is 3.30. The summed E-state index contributed by atoms with van der Waals surface area (Å²) in [4.78, 5) is 37.4. The molecule has 194 valence electrons. The molecule has 5 N–H and O–H groups in total. The first-order valence-electron chi connectivity index (χ1n) is 10.9. The zero-order valence-corrected chi connectivity index (χ0v) is 19.7. The molecule has 0 radical (unpaired) electrons. The van der Waals surface area contributed by atoms with Gasteiger partial charge in [-0.3, -0.25) is 14.4 Å². The third-order valence-electron chi connectivity index (χ3n) is 5.37. The fraction of sp³-hybridized carbons (Fsp3) is 0.348. The molecular weight excluding hydrogens is 504 g/mol. The molecular formula is C23H24F4N4O4S. The van der Waals surface area contributed by atoms with Crippen molar-refractivity contribution >= 4 is 35.2 Å². The van der Waals surface area contributed by atoms with Crippen LogP contribution in [0, 0.1) is 23.3 Å². The van der Waals surface area contributed by atoms with Crippen molar-refractivity contribution in [1.29, 1.82) is 0 Å². The molecule has 0 aromatic heterocycles. The number of carbonyl (C=O) groups is 3. The minimum atomic E-state index is -1.32. The maximum Gasteiger partial charge on any atom is 0.322 e. The van der Waals surface area contributed by atoms with E-state index in [2.05, 4.69) is 10.6 Å². The lowest BCUT2D eigenvalue weighted by Crippen LogP contribution is -2.46. The van der Waals surface area contributed by atoms with Crippen LogP contribution < -0.4 is 16.4 Å². The predicted octanol–water partition coefficient (Wildman–Crippen LogP) is 2.22. The molecule has 2 aromatic rings. The van der Waals surface area contributed by atoms with E-state index in [0.29, 0.717) is 23.4 Å². The summed E-state index contributed by atoms with van der Waals surface area (Å²) in [6.07, 6.45) is -0.436. The molecule has 1 aliphatic rings. The topological polar surface area (TPSA) is 125 Å². The first-order chi connectivity index (χ1) is 17.0. The van der Waals surface area contributed by atoms with Gasteiger partial charge in [0, 0.05) is 37.4 Å². The molecule has 1 heterocycles. The number of aliphatic carboxylic acids is 1. The lowest BCUT2D eigenvalue weighted by Gasteiger charge is -2.24. The highest BCUT2D eigenvalue weighted by Crippen LogP contribution is 2.25. The number of thioether (sulfide) groups is 1. The number of benzene rings is 2. The molecule has 1 saturated heterocycles. The smallest absolute Gasteiger partial charge is 0.322 e. The standard InChI is InChI=1S/C23H24F4N4O4S/c24-15-9-17(26)16(25)7-13(15)6-14(28)8-20(32)31-3-4-36-23(31)22(35)30-10-12-1-2-19(18(27)5-12)29-11-21(33)34/h1-2,5,7,9,14,23,29H,3-4,6,8,10-11,28H2,(H,30,35)(H,33,34)/t14-,23+/m1/s1. The molecule has 2 amide bonds. The van der Waals surface area contributed by atoms with Gasteiger partial charge in [-0.2, -0.15) is 0 Å². The van der Waals surface area contributed by atoms with Gasteiger partial charge in [-0.05, 0) is 35.7 Å². The van der Waals surface area contributed by atoms with Crippen molar-refractivity contribution in [3.05, 3.63) is 64.7 Å². The van der Waals surface area contributed by atoms with Crippen LogP contribution >= 0.6 is 11.8 Å². The Bertz CT molecular complexity index is 1150. The van der Waals surface area contributed by atoms with E-state index in [1.54, 1.807) is 0 Å². The molecule has 13 heteroatoms. The number of hydrogen-bond acceptors (Lipinski definition) is 6. The molecule has 0 spiro atoms. The normalized spacial score (nSPS) is 16.0. The van der Waals surface area contributed by atoms with Crippen LogP contribution in [0.5, 0.6) is 0 Å². The summed E-state index contributed by atoms with van der Waals surface area (Å²) >= 11 is 1.24. The number of rotatable bonds is 10. The molecule has 0 bridgehead atoms. The van der Waals surface area contributed by atoms with E-state index >= 15 is 0 Å². The Morgan fingerprint density at radius 2 is 1.81 bits per heavy atom. The van der Waals surface area contributed by atoms with Gasteiger partial charge in [-0.1, -0.05) is 6.07 Å². The van der Waals surface area contributed by atoms with E-state index in [0.717, 1.165) is 6.07 Å². The summed E-state index contributed by atoms with van der Waals surface area (Å²) in [5.41, 5.74) is 6.22. The largest absolute Gasteiger partial charge is 0.480 e. The van der Waals surface area contributed by atoms with Gasteiger partial charge in [0.1, 0.15) is 18.2 Å². The second-order valence-corrected chi connectivity index (χ2v) is 9.30. The highest BCUT2D eigenvalue weighted by Gasteiger charge is 2.35. The minimum absolute atomic E-state index is 0.00944. The number of carbonyl (C=O) groups excluding carboxylic acids is 2. The predicted molar refractivity (Wildman–Crippen MR) is 125 cm³/mol. The molecule has 2 atom stereocenters. The molecule has 2 aromatic carbocycles. The van der Waals surface area contributed by atoms with Gasteiger partial charge in [0.05, 0.1) is 5.69 Å².